The third-order valence-electron chi connectivity index (χ3n) is 5.45. The van der Waals surface area contributed by atoms with Gasteiger partial charge in [0.2, 0.25) is 0 Å². The van der Waals surface area contributed by atoms with Gasteiger partial charge in [0, 0.05) is 15.8 Å². The van der Waals surface area contributed by atoms with Gasteiger partial charge in [0.05, 0.1) is 16.9 Å². The zero-order valence-corrected chi connectivity index (χ0v) is 19.5. The molecule has 0 amide bonds. The van der Waals surface area contributed by atoms with Crippen LogP contribution >= 0.6 is 11.8 Å². The van der Waals surface area contributed by atoms with Crippen molar-refractivity contribution in [2.24, 2.45) is 0 Å². The van der Waals surface area contributed by atoms with Crippen LogP contribution in [0.5, 0.6) is 0 Å². The second-order valence-corrected chi connectivity index (χ2v) is 9.06. The number of nitrogens with one attached hydrogen (secondary N) is 1. The van der Waals surface area contributed by atoms with E-state index >= 15 is 0 Å². The Hall–Kier alpha value is -3.89. The zero-order valence-electron chi connectivity index (χ0n) is 18.7. The Bertz CT molecular complexity index is 1400. The Morgan fingerprint density at radius 3 is 2.29 bits per heavy atom. The molecule has 0 saturated carbocycles. The lowest BCUT2D eigenvalue weighted by Gasteiger charge is -2.17. The molecule has 2 N–H and O–H groups in total. The molecule has 34 heavy (non-hydrogen) atoms. The topological polar surface area (TPSA) is 86.0 Å². The first-order chi connectivity index (χ1) is 16.4. The lowest BCUT2D eigenvalue weighted by Crippen LogP contribution is -2.26. The number of thioether (sulfide) groups is 1. The summed E-state index contributed by atoms with van der Waals surface area (Å²) in [5.41, 5.74) is 4.09. The summed E-state index contributed by atoms with van der Waals surface area (Å²) in [7, 11) is 0. The molecule has 0 radical (unpaired) electrons. The Morgan fingerprint density at radius 2 is 1.71 bits per heavy atom. The molecule has 0 aliphatic rings. The van der Waals surface area contributed by atoms with Gasteiger partial charge in [-0.1, -0.05) is 43.3 Å². The number of nitrogens with zero attached hydrogens (tertiary/aromatic N) is 2. The van der Waals surface area contributed by atoms with Gasteiger partial charge in [0.15, 0.2) is 0 Å². The number of aliphatic carboxylic acids is 1. The molecule has 1 heterocycles. The number of hydrogen-bond donors (Lipinski definition) is 2. The Balaban J connectivity index is 1.80. The predicted molar refractivity (Wildman–Crippen MR) is 134 cm³/mol. The molecule has 0 fully saturated rings. The minimum Gasteiger partial charge on any atom is -0.480 e. The first-order valence-corrected chi connectivity index (χ1v) is 11.8. The van der Waals surface area contributed by atoms with Gasteiger partial charge < -0.3 is 10.4 Å². The summed E-state index contributed by atoms with van der Waals surface area (Å²) in [6.45, 7) is 3.58. The molecular weight excluding hydrogens is 449 g/mol. The van der Waals surface area contributed by atoms with Gasteiger partial charge in [-0.3, -0.25) is 4.79 Å². The fourth-order valence-electron chi connectivity index (χ4n) is 3.71. The number of benzene rings is 3. The van der Waals surface area contributed by atoms with Crippen molar-refractivity contribution in [3.8, 4) is 28.5 Å². The van der Waals surface area contributed by atoms with Crippen LogP contribution in [0.1, 0.15) is 19.4 Å². The van der Waals surface area contributed by atoms with Crippen molar-refractivity contribution in [1.82, 2.24) is 4.98 Å². The summed E-state index contributed by atoms with van der Waals surface area (Å²) in [5.74, 6) is -0.563. The van der Waals surface area contributed by atoms with Crippen LogP contribution in [-0.2, 0) is 4.79 Å². The summed E-state index contributed by atoms with van der Waals surface area (Å²) in [6, 6.07) is 21.3. The van der Waals surface area contributed by atoms with Crippen LogP contribution in [0.2, 0.25) is 0 Å². The van der Waals surface area contributed by atoms with Gasteiger partial charge in [-0.05, 0) is 54.1 Å². The highest BCUT2D eigenvalue weighted by Crippen LogP contribution is 2.35. The van der Waals surface area contributed by atoms with Crippen molar-refractivity contribution in [2.75, 3.05) is 11.1 Å². The van der Waals surface area contributed by atoms with Crippen LogP contribution in [0, 0.1) is 17.1 Å². The molecule has 0 bridgehead atoms. The number of fused-ring (bicyclic) bond motifs is 1. The second-order valence-electron chi connectivity index (χ2n) is 7.72. The summed E-state index contributed by atoms with van der Waals surface area (Å²) in [5, 5.41) is 22.6. The highest BCUT2D eigenvalue weighted by atomic mass is 32.2. The molecule has 5 nitrogen and oxygen atoms in total. The summed E-state index contributed by atoms with van der Waals surface area (Å²) < 4.78 is 14.0. The van der Waals surface area contributed by atoms with E-state index in [0.29, 0.717) is 22.2 Å². The number of pyridine rings is 1. The number of carboxylic acid groups (broad SMARTS) is 1. The fourth-order valence-corrected chi connectivity index (χ4v) is 4.37. The van der Waals surface area contributed by atoms with Crippen LogP contribution in [0.3, 0.4) is 0 Å². The van der Waals surface area contributed by atoms with Gasteiger partial charge in [-0.2, -0.15) is 5.26 Å². The normalized spacial score (nSPS) is 11.7. The molecule has 1 unspecified atom stereocenters. The molecular formula is C27H22FN3O2S. The molecule has 0 saturated heterocycles. The minimum absolute atomic E-state index is 0.167. The smallest absolute Gasteiger partial charge is 0.325 e. The first kappa shape index (κ1) is 23.3. The van der Waals surface area contributed by atoms with E-state index in [0.717, 1.165) is 16.9 Å². The van der Waals surface area contributed by atoms with E-state index in [1.165, 1.54) is 30.0 Å². The lowest BCUT2D eigenvalue weighted by molar-refractivity contribution is -0.137. The average molecular weight is 472 g/mol. The number of carbonyl (C=O) groups is 1. The van der Waals surface area contributed by atoms with Crippen LogP contribution in [0.4, 0.5) is 10.1 Å². The molecule has 4 rings (SSSR count). The van der Waals surface area contributed by atoms with E-state index < -0.39 is 17.8 Å². The maximum atomic E-state index is 14.0. The highest BCUT2D eigenvalue weighted by molar-refractivity contribution is 7.99. The minimum atomic E-state index is -1.08. The van der Waals surface area contributed by atoms with Crippen molar-refractivity contribution in [2.45, 2.75) is 24.8 Å². The number of halogens is 1. The maximum Gasteiger partial charge on any atom is 0.325 e. The number of anilines is 1. The lowest BCUT2D eigenvalue weighted by atomic mass is 9.98. The van der Waals surface area contributed by atoms with E-state index in [4.69, 9.17) is 0 Å². The first-order valence-electron chi connectivity index (χ1n) is 10.8. The molecule has 0 aliphatic heterocycles. The third-order valence-corrected chi connectivity index (χ3v) is 6.34. The standard InChI is InChI=1S/C27H22FN3O2S/c1-3-34-21-11-8-18(9-12-21)17-4-6-19(7-5-17)25-23(15-29)26(30-16(2)27(32)33)22-14-20(28)10-13-24(22)31-25/h4-14,16H,3H2,1-2H3,(H,30,31)(H,32,33). The summed E-state index contributed by atoms with van der Waals surface area (Å²) in [6.07, 6.45) is 0. The predicted octanol–water partition coefficient (Wildman–Crippen LogP) is 6.58. The number of nitriles is 1. The molecule has 4 aromatic rings. The van der Waals surface area contributed by atoms with E-state index in [-0.39, 0.29) is 11.3 Å². The van der Waals surface area contributed by atoms with E-state index in [2.05, 4.69) is 47.6 Å². The van der Waals surface area contributed by atoms with Crippen LogP contribution in [-0.4, -0.2) is 27.9 Å². The number of hydrogen-bond acceptors (Lipinski definition) is 5. The highest BCUT2D eigenvalue weighted by Gasteiger charge is 2.20. The number of aromatic nitrogens is 1. The molecule has 1 atom stereocenters. The summed E-state index contributed by atoms with van der Waals surface area (Å²) in [4.78, 5) is 17.3. The molecule has 0 aliphatic carbocycles. The van der Waals surface area contributed by atoms with Crippen LogP contribution in [0.15, 0.2) is 71.6 Å². The Kier molecular flexibility index (Phi) is 6.80. The van der Waals surface area contributed by atoms with Gasteiger partial charge in [-0.15, -0.1) is 11.8 Å². The van der Waals surface area contributed by atoms with Crippen molar-refractivity contribution in [3.05, 3.63) is 78.1 Å². The number of carboxylic acids is 1. The van der Waals surface area contributed by atoms with E-state index in [1.54, 1.807) is 11.8 Å². The fraction of sp³-hybridized carbons (Fsp3) is 0.148. The van der Waals surface area contributed by atoms with Crippen molar-refractivity contribution < 1.29 is 14.3 Å². The molecule has 0 spiro atoms. The quantitative estimate of drug-likeness (QED) is 0.296. The van der Waals surface area contributed by atoms with Gasteiger partial charge >= 0.3 is 5.97 Å². The molecule has 170 valence electrons. The zero-order chi connectivity index (χ0) is 24.2. The van der Waals surface area contributed by atoms with Gasteiger partial charge in [0.25, 0.3) is 0 Å². The molecule has 7 heteroatoms. The second kappa shape index (κ2) is 9.94. The monoisotopic (exact) mass is 471 g/mol. The van der Waals surface area contributed by atoms with Crippen molar-refractivity contribution in [3.63, 3.8) is 0 Å². The van der Waals surface area contributed by atoms with Crippen LogP contribution in [0.25, 0.3) is 33.3 Å². The maximum absolute atomic E-state index is 14.0. The van der Waals surface area contributed by atoms with Gasteiger partial charge in [0.1, 0.15) is 23.5 Å². The van der Waals surface area contributed by atoms with Gasteiger partial charge in [-0.25, -0.2) is 9.37 Å². The Morgan fingerprint density at radius 1 is 1.09 bits per heavy atom. The van der Waals surface area contributed by atoms with E-state index in [1.807, 2.05) is 24.3 Å². The third kappa shape index (κ3) is 4.73. The number of rotatable bonds is 7. The van der Waals surface area contributed by atoms with Crippen LogP contribution < -0.4 is 5.32 Å². The van der Waals surface area contributed by atoms with Crippen molar-refractivity contribution >= 4 is 34.3 Å². The summed E-state index contributed by atoms with van der Waals surface area (Å²) >= 11 is 1.79. The molecule has 1 aromatic heterocycles. The van der Waals surface area contributed by atoms with E-state index in [9.17, 15) is 19.6 Å². The molecule has 3 aromatic carbocycles. The largest absolute Gasteiger partial charge is 0.480 e. The Labute approximate surface area is 201 Å². The SMILES string of the molecule is CCSc1ccc(-c2ccc(-c3nc4ccc(F)cc4c(NC(C)C(=O)O)c3C#N)cc2)cc1. The average Bonchev–Trinajstić information content (AvgIpc) is 2.84. The van der Waals surface area contributed by atoms with Crippen molar-refractivity contribution in [1.29, 1.82) is 5.26 Å².